The Kier molecular flexibility index (Phi) is 4.17. The van der Waals surface area contributed by atoms with Crippen molar-refractivity contribution in [1.29, 1.82) is 0 Å². The average Bonchev–Trinajstić information content (AvgIpc) is 2.75. The molecule has 1 aromatic carbocycles. The molecule has 20 heavy (non-hydrogen) atoms. The zero-order valence-corrected chi connectivity index (χ0v) is 13.4. The molecule has 3 heteroatoms. The van der Waals surface area contributed by atoms with Gasteiger partial charge in [-0.25, -0.2) is 0 Å². The lowest BCUT2D eigenvalue weighted by molar-refractivity contribution is 0.242. The number of hydrogen-bond donors (Lipinski definition) is 1. The molecule has 0 bridgehead atoms. The molecule has 1 fully saturated rings. The van der Waals surface area contributed by atoms with Crippen molar-refractivity contribution in [2.75, 3.05) is 23.7 Å². The Morgan fingerprint density at radius 2 is 1.95 bits per heavy atom. The van der Waals surface area contributed by atoms with E-state index < -0.39 is 0 Å². The van der Waals surface area contributed by atoms with E-state index in [0.29, 0.717) is 5.41 Å². The van der Waals surface area contributed by atoms with Gasteiger partial charge in [0, 0.05) is 36.6 Å². The number of nitrogen functional groups attached to an aromatic ring is 1. The van der Waals surface area contributed by atoms with Gasteiger partial charge in [0.05, 0.1) is 6.10 Å². The molecule has 1 heterocycles. The molecule has 1 aliphatic rings. The highest BCUT2D eigenvalue weighted by atomic mass is 16.5. The van der Waals surface area contributed by atoms with Gasteiger partial charge in [-0.1, -0.05) is 20.8 Å². The van der Waals surface area contributed by atoms with Gasteiger partial charge in [-0.05, 0) is 37.7 Å². The van der Waals surface area contributed by atoms with Crippen molar-refractivity contribution in [3.05, 3.63) is 18.2 Å². The number of nitrogens with two attached hydrogens (primary N) is 1. The number of anilines is 2. The van der Waals surface area contributed by atoms with E-state index in [1.165, 1.54) is 12.1 Å². The first-order chi connectivity index (χ1) is 9.25. The second kappa shape index (κ2) is 5.55. The van der Waals surface area contributed by atoms with E-state index >= 15 is 0 Å². The standard InChI is InChI=1S/C17H28N2O/c1-12(2)20-16-9-14(18)8-15(10-16)19-7-6-13(11-19)17(3,4)5/h8-10,12-13H,6-7,11,18H2,1-5H3. The molecule has 2 N–H and O–H groups in total. The zero-order valence-electron chi connectivity index (χ0n) is 13.4. The Balaban J connectivity index is 2.15. The molecule has 1 aliphatic heterocycles. The Morgan fingerprint density at radius 3 is 2.50 bits per heavy atom. The van der Waals surface area contributed by atoms with Crippen molar-refractivity contribution in [2.45, 2.75) is 47.1 Å². The lowest BCUT2D eigenvalue weighted by Gasteiger charge is -2.27. The molecule has 3 nitrogen and oxygen atoms in total. The van der Waals surface area contributed by atoms with E-state index in [2.05, 4.69) is 37.8 Å². The summed E-state index contributed by atoms with van der Waals surface area (Å²) in [7, 11) is 0. The van der Waals surface area contributed by atoms with Crippen LogP contribution in [0.3, 0.4) is 0 Å². The Bertz CT molecular complexity index is 463. The lowest BCUT2D eigenvalue weighted by Crippen LogP contribution is -2.25. The second-order valence-corrected chi connectivity index (χ2v) is 7.22. The van der Waals surface area contributed by atoms with Gasteiger partial charge in [0.1, 0.15) is 5.75 Å². The third kappa shape index (κ3) is 3.59. The molecule has 1 atom stereocenters. The van der Waals surface area contributed by atoms with Crippen LogP contribution in [0, 0.1) is 11.3 Å². The van der Waals surface area contributed by atoms with Crippen LogP contribution in [0.1, 0.15) is 41.0 Å². The van der Waals surface area contributed by atoms with Crippen molar-refractivity contribution in [3.63, 3.8) is 0 Å². The van der Waals surface area contributed by atoms with E-state index in [-0.39, 0.29) is 6.10 Å². The maximum Gasteiger partial charge on any atom is 0.123 e. The monoisotopic (exact) mass is 276 g/mol. The maximum atomic E-state index is 6.02. The van der Waals surface area contributed by atoms with Gasteiger partial charge in [-0.3, -0.25) is 0 Å². The van der Waals surface area contributed by atoms with Crippen LogP contribution in [0.2, 0.25) is 0 Å². The summed E-state index contributed by atoms with van der Waals surface area (Å²) in [6, 6.07) is 6.07. The normalized spacial score (nSPS) is 19.7. The molecule has 0 aromatic heterocycles. The molecule has 0 spiro atoms. The summed E-state index contributed by atoms with van der Waals surface area (Å²) >= 11 is 0. The third-order valence-corrected chi connectivity index (χ3v) is 4.06. The molecule has 0 saturated carbocycles. The molecular formula is C17H28N2O. The smallest absolute Gasteiger partial charge is 0.123 e. The Labute approximate surface area is 123 Å². The van der Waals surface area contributed by atoms with Crippen LogP contribution in [-0.2, 0) is 0 Å². The van der Waals surface area contributed by atoms with Gasteiger partial charge >= 0.3 is 0 Å². The van der Waals surface area contributed by atoms with Crippen LogP contribution in [-0.4, -0.2) is 19.2 Å². The molecular weight excluding hydrogens is 248 g/mol. The van der Waals surface area contributed by atoms with Crippen LogP contribution in [0.5, 0.6) is 5.75 Å². The van der Waals surface area contributed by atoms with Crippen LogP contribution in [0.4, 0.5) is 11.4 Å². The molecule has 1 aromatic rings. The predicted molar refractivity (Wildman–Crippen MR) is 86.4 cm³/mol. The summed E-state index contributed by atoms with van der Waals surface area (Å²) in [6.45, 7) is 13.3. The van der Waals surface area contributed by atoms with Gasteiger partial charge in [0.25, 0.3) is 0 Å². The minimum Gasteiger partial charge on any atom is -0.491 e. The molecule has 0 radical (unpaired) electrons. The fourth-order valence-electron chi connectivity index (χ4n) is 2.83. The van der Waals surface area contributed by atoms with Crippen LogP contribution in [0.15, 0.2) is 18.2 Å². The van der Waals surface area contributed by atoms with Crippen molar-refractivity contribution < 1.29 is 4.74 Å². The molecule has 1 unspecified atom stereocenters. The summed E-state index contributed by atoms with van der Waals surface area (Å²) in [5, 5.41) is 0. The van der Waals surface area contributed by atoms with E-state index in [1.807, 2.05) is 19.9 Å². The minimum absolute atomic E-state index is 0.172. The lowest BCUT2D eigenvalue weighted by atomic mass is 9.80. The number of ether oxygens (including phenoxy) is 1. The van der Waals surface area contributed by atoms with Gasteiger partial charge in [-0.2, -0.15) is 0 Å². The van der Waals surface area contributed by atoms with Gasteiger partial charge < -0.3 is 15.4 Å². The molecule has 2 rings (SSSR count). The fraction of sp³-hybridized carbons (Fsp3) is 0.647. The van der Waals surface area contributed by atoms with E-state index in [9.17, 15) is 0 Å². The molecule has 1 saturated heterocycles. The van der Waals surface area contributed by atoms with Crippen molar-refractivity contribution in [3.8, 4) is 5.75 Å². The fourth-order valence-corrected chi connectivity index (χ4v) is 2.83. The highest BCUT2D eigenvalue weighted by molar-refractivity contribution is 5.61. The van der Waals surface area contributed by atoms with Crippen molar-refractivity contribution >= 4 is 11.4 Å². The minimum atomic E-state index is 0.172. The number of rotatable bonds is 3. The van der Waals surface area contributed by atoms with Crippen molar-refractivity contribution in [1.82, 2.24) is 0 Å². The predicted octanol–water partition coefficient (Wildman–Crippen LogP) is 3.93. The van der Waals surface area contributed by atoms with Crippen LogP contribution >= 0.6 is 0 Å². The second-order valence-electron chi connectivity index (χ2n) is 7.22. The highest BCUT2D eigenvalue weighted by Crippen LogP contribution is 2.37. The quantitative estimate of drug-likeness (QED) is 0.850. The summed E-state index contributed by atoms with van der Waals surface area (Å²) in [5.74, 6) is 1.60. The third-order valence-electron chi connectivity index (χ3n) is 4.06. The Morgan fingerprint density at radius 1 is 1.25 bits per heavy atom. The summed E-state index contributed by atoms with van der Waals surface area (Å²) in [6.07, 6.45) is 1.42. The first kappa shape index (κ1) is 15.0. The number of hydrogen-bond acceptors (Lipinski definition) is 3. The van der Waals surface area contributed by atoms with Crippen molar-refractivity contribution in [2.24, 2.45) is 11.3 Å². The van der Waals surface area contributed by atoms with Crippen LogP contribution < -0.4 is 15.4 Å². The first-order valence-corrected chi connectivity index (χ1v) is 7.58. The average molecular weight is 276 g/mol. The summed E-state index contributed by atoms with van der Waals surface area (Å²) in [4.78, 5) is 2.43. The molecule has 0 aliphatic carbocycles. The van der Waals surface area contributed by atoms with Gasteiger partial charge in [-0.15, -0.1) is 0 Å². The summed E-state index contributed by atoms with van der Waals surface area (Å²) in [5.41, 5.74) is 8.35. The SMILES string of the molecule is CC(C)Oc1cc(N)cc(N2CCC(C(C)(C)C)C2)c1. The van der Waals surface area contributed by atoms with Gasteiger partial charge in [0.2, 0.25) is 0 Å². The first-order valence-electron chi connectivity index (χ1n) is 7.58. The van der Waals surface area contributed by atoms with E-state index in [1.54, 1.807) is 0 Å². The van der Waals surface area contributed by atoms with E-state index in [4.69, 9.17) is 10.5 Å². The van der Waals surface area contributed by atoms with Gasteiger partial charge in [0.15, 0.2) is 0 Å². The van der Waals surface area contributed by atoms with E-state index in [0.717, 1.165) is 30.4 Å². The van der Waals surface area contributed by atoms with Crippen LogP contribution in [0.25, 0.3) is 0 Å². The zero-order chi connectivity index (χ0) is 14.9. The number of nitrogens with zero attached hydrogens (tertiary/aromatic N) is 1. The maximum absolute atomic E-state index is 6.02. The number of benzene rings is 1. The topological polar surface area (TPSA) is 38.5 Å². The highest BCUT2D eigenvalue weighted by Gasteiger charge is 2.32. The Hall–Kier alpha value is -1.38. The molecule has 0 amide bonds. The summed E-state index contributed by atoms with van der Waals surface area (Å²) < 4.78 is 5.78. The largest absolute Gasteiger partial charge is 0.491 e. The molecule has 112 valence electrons.